The Morgan fingerprint density at radius 1 is 0.812 bits per heavy atom. The molecule has 3 heterocycles. The largest absolute Gasteiger partial charge is 0.501 e. The molecule has 3 nitrogen and oxygen atoms in total. The number of pyridine rings is 2. The minimum absolute atomic E-state index is 0. The maximum absolute atomic E-state index is 9.56. The Morgan fingerprint density at radius 2 is 1.50 bits per heavy atom. The van der Waals surface area contributed by atoms with Crippen molar-refractivity contribution in [2.45, 2.75) is 146 Å². The summed E-state index contributed by atoms with van der Waals surface area (Å²) in [5.74, 6) is -2.07. The minimum atomic E-state index is -2.33. The van der Waals surface area contributed by atoms with Crippen LogP contribution in [0.25, 0.3) is 55.6 Å². The molecule has 0 saturated heterocycles. The van der Waals surface area contributed by atoms with Crippen LogP contribution >= 0.6 is 0 Å². The first-order valence-electron chi connectivity index (χ1n) is 27.7. The van der Waals surface area contributed by atoms with Crippen LogP contribution < -0.4 is 0 Å². The SMILES string of the molecule is [2H]C([2H])([2H])c1c[c-]c(-c2cc(C([2H])(C)C(C)(C)C)c(C([2H])([2H])C(C)(C)C)cn2)cc1-c1ccccc1.[2H]C([2H])([2H])c1cnc(-c2[c-]ccc3c2oc2ccccc23)cc1C1([2H])CCC2(CCC(C)(C)CC2)CC1.[Ir]. The van der Waals surface area contributed by atoms with Crippen LogP contribution in [-0.2, 0) is 26.5 Å². The molecule has 4 heteroatoms. The minimum Gasteiger partial charge on any atom is -0.501 e. The first-order valence-corrected chi connectivity index (χ1v) is 22.7. The molecular weight excluding hydrogens is 957 g/mol. The van der Waals surface area contributed by atoms with Gasteiger partial charge in [0.25, 0.3) is 0 Å². The van der Waals surface area contributed by atoms with E-state index in [1.165, 1.54) is 37.9 Å². The molecule has 0 amide bonds. The van der Waals surface area contributed by atoms with Gasteiger partial charge in [0.05, 0.1) is 5.58 Å². The van der Waals surface area contributed by atoms with Gasteiger partial charge < -0.3 is 14.4 Å². The van der Waals surface area contributed by atoms with Crippen molar-refractivity contribution in [3.8, 4) is 33.6 Å². The van der Waals surface area contributed by atoms with E-state index in [9.17, 15) is 2.74 Å². The first-order chi connectivity index (χ1) is 33.8. The molecular formula is C60H70IrN2O-2. The molecule has 9 rings (SSSR count). The van der Waals surface area contributed by atoms with Crippen LogP contribution in [0.15, 0.2) is 108 Å². The van der Waals surface area contributed by atoms with Gasteiger partial charge >= 0.3 is 0 Å². The van der Waals surface area contributed by atoms with E-state index < -0.39 is 42.7 Å². The van der Waals surface area contributed by atoms with Crippen molar-refractivity contribution in [2.75, 3.05) is 0 Å². The third-order valence-electron chi connectivity index (χ3n) is 13.7. The second-order valence-electron chi connectivity index (χ2n) is 21.0. The number of hydrogen-bond acceptors (Lipinski definition) is 3. The van der Waals surface area contributed by atoms with E-state index in [2.05, 4.69) is 35.9 Å². The van der Waals surface area contributed by atoms with Gasteiger partial charge in [0.15, 0.2) is 0 Å². The molecule has 4 aromatic carbocycles. The van der Waals surface area contributed by atoms with Crippen molar-refractivity contribution in [1.82, 2.24) is 9.97 Å². The van der Waals surface area contributed by atoms with Gasteiger partial charge in [0.1, 0.15) is 5.58 Å². The Hall–Kier alpha value is -4.37. The van der Waals surface area contributed by atoms with E-state index in [1.54, 1.807) is 18.3 Å². The van der Waals surface area contributed by atoms with Gasteiger partial charge in [-0.1, -0.05) is 146 Å². The topological polar surface area (TPSA) is 38.9 Å². The summed E-state index contributed by atoms with van der Waals surface area (Å²) in [6.07, 6.45) is 9.50. The van der Waals surface area contributed by atoms with Crippen molar-refractivity contribution >= 4 is 21.9 Å². The van der Waals surface area contributed by atoms with Crippen molar-refractivity contribution < 1.29 is 38.2 Å². The first kappa shape index (κ1) is 35.8. The number of aryl methyl sites for hydroxylation is 2. The zero-order chi connectivity index (χ0) is 53.4. The van der Waals surface area contributed by atoms with Crippen LogP contribution in [0.1, 0.15) is 167 Å². The summed E-state index contributed by atoms with van der Waals surface area (Å²) in [7, 11) is 0. The van der Waals surface area contributed by atoms with Gasteiger partial charge in [-0.15, -0.1) is 47.5 Å². The molecule has 1 radical (unpaired) electrons. The van der Waals surface area contributed by atoms with Crippen molar-refractivity contribution in [3.05, 3.63) is 143 Å². The van der Waals surface area contributed by atoms with E-state index in [4.69, 9.17) is 15.4 Å². The summed E-state index contributed by atoms with van der Waals surface area (Å²) in [6, 6.07) is 34.4. The predicted octanol–water partition coefficient (Wildman–Crippen LogP) is 17.3. The van der Waals surface area contributed by atoms with Gasteiger partial charge in [-0.05, 0) is 143 Å². The summed E-state index contributed by atoms with van der Waals surface area (Å²) >= 11 is 0. The Labute approximate surface area is 412 Å². The van der Waals surface area contributed by atoms with Gasteiger partial charge in [-0.25, -0.2) is 0 Å². The van der Waals surface area contributed by atoms with Gasteiger partial charge in [-0.2, -0.15) is 0 Å². The molecule has 1 unspecified atom stereocenters. The summed E-state index contributed by atoms with van der Waals surface area (Å²) in [6.45, 7) is 13.3. The molecule has 7 aromatic rings. The summed E-state index contributed by atoms with van der Waals surface area (Å²) < 4.78 is 91.6. The molecule has 0 N–H and O–H groups in total. The molecule has 2 aliphatic rings. The molecule has 1 spiro atoms. The summed E-state index contributed by atoms with van der Waals surface area (Å²) in [5.41, 5.74) is 6.74. The number of benzene rings is 4. The van der Waals surface area contributed by atoms with Crippen LogP contribution in [0.3, 0.4) is 0 Å². The fraction of sp³-hybridized carbons (Fsp3) is 0.433. The van der Waals surface area contributed by atoms with Gasteiger partial charge in [0.2, 0.25) is 0 Å². The molecule has 337 valence electrons. The second-order valence-corrected chi connectivity index (χ2v) is 21.0. The average molecular weight is 1040 g/mol. The Kier molecular flexibility index (Phi) is 10.6. The van der Waals surface area contributed by atoms with E-state index >= 15 is 0 Å². The third-order valence-corrected chi connectivity index (χ3v) is 13.7. The number of hydrogen-bond donors (Lipinski definition) is 0. The molecule has 3 aromatic heterocycles. The number of nitrogens with zero attached hydrogens (tertiary/aromatic N) is 2. The molecule has 2 aliphatic carbocycles. The summed E-state index contributed by atoms with van der Waals surface area (Å²) in [4.78, 5) is 9.20. The predicted molar refractivity (Wildman–Crippen MR) is 266 cm³/mol. The second kappa shape index (κ2) is 18.9. The van der Waals surface area contributed by atoms with Crippen LogP contribution in [0.2, 0.25) is 0 Å². The molecule has 0 bridgehead atoms. The van der Waals surface area contributed by atoms with Gasteiger partial charge in [-0.3, -0.25) is 0 Å². The number of aromatic nitrogens is 2. The number of para-hydroxylation sites is 1. The van der Waals surface area contributed by atoms with Crippen molar-refractivity contribution in [2.24, 2.45) is 21.7 Å². The number of furan rings is 1. The molecule has 1 atom stereocenters. The zero-order valence-corrected chi connectivity index (χ0v) is 41.5. The van der Waals surface area contributed by atoms with Crippen molar-refractivity contribution in [3.63, 3.8) is 0 Å². The van der Waals surface area contributed by atoms with Crippen molar-refractivity contribution in [1.29, 1.82) is 0 Å². The van der Waals surface area contributed by atoms with E-state index in [0.29, 0.717) is 74.0 Å². The number of fused-ring (bicyclic) bond motifs is 3. The number of rotatable bonds is 6. The van der Waals surface area contributed by atoms with Gasteiger partial charge in [0, 0.05) is 51.6 Å². The maximum atomic E-state index is 9.56. The average Bonchev–Trinajstić information content (AvgIpc) is 3.71. The molecule has 64 heavy (non-hydrogen) atoms. The summed E-state index contributed by atoms with van der Waals surface area (Å²) in [5, 5.41) is 2.00. The van der Waals surface area contributed by atoms with E-state index in [0.717, 1.165) is 34.8 Å². The standard InChI is InChI=1S/C31H34NO.C29H36N.Ir/c1-21-20-32-27(25-9-6-8-24-23-7-4-5-10-28(23)33-29(24)25)19-26(21)22-11-13-31(14-12-22)17-15-30(2,3)16-18-31;1-20-14-15-23(16-25(20)22-12-10-9-11-13-22)27-17-26(21(2)29(6,7)8)24(19-30-27)18-28(3,4)5;/h4-8,10,19-20,22H,11-18H2,1-3H3;9-14,16-17,19,21H,18H2,1-8H3;/q2*-1;/i1D3,22D;1D3,18D2,21D;. The van der Waals surface area contributed by atoms with E-state index in [1.807, 2.05) is 121 Å². The maximum Gasteiger partial charge on any atom is 0.120 e. The molecule has 2 saturated carbocycles. The fourth-order valence-electron chi connectivity index (χ4n) is 9.39. The normalized spacial score (nSPS) is 20.8. The monoisotopic (exact) mass is 1040 g/mol. The third kappa shape index (κ3) is 10.5. The Morgan fingerprint density at radius 3 is 2.19 bits per heavy atom. The van der Waals surface area contributed by atoms with Crippen LogP contribution in [0.4, 0.5) is 0 Å². The smallest absolute Gasteiger partial charge is 0.120 e. The fourth-order valence-corrected chi connectivity index (χ4v) is 9.39. The molecule has 2 fully saturated rings. The molecule has 0 aliphatic heterocycles. The van der Waals surface area contributed by atoms with Crippen LogP contribution in [0.5, 0.6) is 0 Å². The van der Waals surface area contributed by atoms with Crippen LogP contribution in [-0.4, -0.2) is 9.97 Å². The zero-order valence-electron chi connectivity index (χ0n) is 49.1. The van der Waals surface area contributed by atoms with Crippen LogP contribution in [0, 0.1) is 47.5 Å². The van der Waals surface area contributed by atoms with E-state index in [-0.39, 0.29) is 31.2 Å². The Bertz CT molecular complexity index is 3120. The quantitative estimate of drug-likeness (QED) is 0.156. The Balaban J connectivity index is 0.000000214.